The summed E-state index contributed by atoms with van der Waals surface area (Å²) in [6, 6.07) is 5.61. The summed E-state index contributed by atoms with van der Waals surface area (Å²) in [4.78, 5) is 25.4. The summed E-state index contributed by atoms with van der Waals surface area (Å²) in [6.07, 6.45) is 9.42. The van der Waals surface area contributed by atoms with Crippen molar-refractivity contribution in [1.82, 2.24) is 4.90 Å². The number of ether oxygens (including phenoxy) is 2. The zero-order valence-electron chi connectivity index (χ0n) is 19.1. The number of hydrogen-bond donors (Lipinski definition) is 1. The molecule has 0 aromatic heterocycles. The fourth-order valence-corrected chi connectivity index (χ4v) is 4.72. The van der Waals surface area contributed by atoms with Crippen molar-refractivity contribution >= 4 is 46.3 Å². The van der Waals surface area contributed by atoms with Crippen LogP contribution in [0.15, 0.2) is 23.1 Å². The Morgan fingerprint density at radius 1 is 1.22 bits per heavy atom. The van der Waals surface area contributed by atoms with E-state index in [-0.39, 0.29) is 18.4 Å². The Labute approximate surface area is 200 Å². The van der Waals surface area contributed by atoms with Crippen molar-refractivity contribution in [3.63, 3.8) is 0 Å². The highest BCUT2D eigenvalue weighted by Gasteiger charge is 2.31. The number of rotatable bonds is 14. The SMILES string of the molecule is CCCCCCC[C@H](C)Oc1ccc(/C=C2/SC(=S)N(CCCC(=O)O)C2=O)cc1OC. The summed E-state index contributed by atoms with van der Waals surface area (Å²) >= 11 is 6.53. The highest BCUT2D eigenvalue weighted by Crippen LogP contribution is 2.35. The molecule has 1 atom stereocenters. The molecule has 8 heteroatoms. The summed E-state index contributed by atoms with van der Waals surface area (Å²) < 4.78 is 12.1. The summed E-state index contributed by atoms with van der Waals surface area (Å²) in [5.41, 5.74) is 0.812. The first kappa shape index (κ1) is 26.2. The normalized spacial score (nSPS) is 16.0. The molecule has 1 aliphatic rings. The molecule has 176 valence electrons. The molecule has 1 aliphatic heterocycles. The van der Waals surface area contributed by atoms with Crippen LogP contribution in [0, 0.1) is 0 Å². The maximum Gasteiger partial charge on any atom is 0.303 e. The molecule has 32 heavy (non-hydrogen) atoms. The molecule has 0 spiro atoms. The van der Waals surface area contributed by atoms with Gasteiger partial charge in [-0.15, -0.1) is 0 Å². The predicted molar refractivity (Wildman–Crippen MR) is 133 cm³/mol. The van der Waals surface area contributed by atoms with E-state index in [9.17, 15) is 9.59 Å². The number of methoxy groups -OCH3 is 1. The minimum atomic E-state index is -0.883. The fourth-order valence-electron chi connectivity index (χ4n) is 3.41. The summed E-state index contributed by atoms with van der Waals surface area (Å²) in [5.74, 6) is 0.230. The average molecular weight is 480 g/mol. The van der Waals surface area contributed by atoms with Gasteiger partial charge in [0.25, 0.3) is 5.91 Å². The van der Waals surface area contributed by atoms with E-state index in [1.807, 2.05) is 18.2 Å². The molecule has 0 saturated carbocycles. The predicted octanol–water partition coefficient (Wildman–Crippen LogP) is 5.89. The Hall–Kier alpha value is -2.06. The quantitative estimate of drug-likeness (QED) is 0.203. The number of carbonyl (C=O) groups is 2. The molecule has 1 aromatic carbocycles. The standard InChI is InChI=1S/C24H33NO5S2/c1-4-5-6-7-8-10-17(2)30-19-13-12-18(15-20(19)29-3)16-21-23(28)25(24(31)32-21)14-9-11-22(26)27/h12-13,15-17H,4-11,14H2,1-3H3,(H,26,27)/b21-16+/t17-/m0/s1. The number of benzene rings is 1. The van der Waals surface area contributed by atoms with Crippen molar-refractivity contribution in [2.45, 2.75) is 71.3 Å². The zero-order valence-corrected chi connectivity index (χ0v) is 20.7. The van der Waals surface area contributed by atoms with Crippen molar-refractivity contribution in [3.8, 4) is 11.5 Å². The Morgan fingerprint density at radius 2 is 1.97 bits per heavy atom. The smallest absolute Gasteiger partial charge is 0.303 e. The Kier molecular flexibility index (Phi) is 11.0. The number of carbonyl (C=O) groups excluding carboxylic acids is 1. The topological polar surface area (TPSA) is 76.1 Å². The molecule has 0 radical (unpaired) electrons. The van der Waals surface area contributed by atoms with E-state index in [1.54, 1.807) is 13.2 Å². The van der Waals surface area contributed by atoms with Gasteiger partial charge in [-0.1, -0.05) is 62.7 Å². The van der Waals surface area contributed by atoms with Crippen molar-refractivity contribution in [2.75, 3.05) is 13.7 Å². The first-order valence-electron chi connectivity index (χ1n) is 11.2. The van der Waals surface area contributed by atoms with Crippen molar-refractivity contribution in [2.24, 2.45) is 0 Å². The molecule has 0 unspecified atom stereocenters. The van der Waals surface area contributed by atoms with Crippen LogP contribution in [-0.4, -0.2) is 46.0 Å². The minimum Gasteiger partial charge on any atom is -0.493 e. The van der Waals surface area contributed by atoms with Crippen LogP contribution in [0.1, 0.15) is 70.8 Å². The van der Waals surface area contributed by atoms with Crippen LogP contribution in [0.2, 0.25) is 0 Å². The van der Waals surface area contributed by atoms with Crippen molar-refractivity contribution < 1.29 is 24.2 Å². The van der Waals surface area contributed by atoms with Crippen LogP contribution in [-0.2, 0) is 9.59 Å². The molecule has 1 amide bonds. The number of unbranched alkanes of at least 4 members (excludes halogenated alkanes) is 4. The Balaban J connectivity index is 1.99. The van der Waals surface area contributed by atoms with Gasteiger partial charge in [0.05, 0.1) is 18.1 Å². The van der Waals surface area contributed by atoms with Gasteiger partial charge in [-0.25, -0.2) is 0 Å². The third-order valence-electron chi connectivity index (χ3n) is 5.17. The third kappa shape index (κ3) is 8.13. The van der Waals surface area contributed by atoms with Crippen LogP contribution in [0.3, 0.4) is 0 Å². The second kappa shape index (κ2) is 13.5. The van der Waals surface area contributed by atoms with Crippen LogP contribution < -0.4 is 9.47 Å². The molecule has 1 N–H and O–H groups in total. The van der Waals surface area contributed by atoms with E-state index in [2.05, 4.69) is 13.8 Å². The largest absolute Gasteiger partial charge is 0.493 e. The van der Waals surface area contributed by atoms with Crippen LogP contribution >= 0.6 is 24.0 Å². The molecule has 1 fully saturated rings. The molecule has 1 aromatic rings. The lowest BCUT2D eigenvalue weighted by Crippen LogP contribution is -2.29. The van der Waals surface area contributed by atoms with Gasteiger partial charge in [0, 0.05) is 13.0 Å². The number of aliphatic carboxylic acids is 1. The maximum absolute atomic E-state index is 12.7. The molecule has 2 rings (SSSR count). The lowest BCUT2D eigenvalue weighted by atomic mass is 10.1. The Bertz CT molecular complexity index is 840. The number of thioether (sulfide) groups is 1. The van der Waals surface area contributed by atoms with Gasteiger partial charge in [0.1, 0.15) is 4.32 Å². The first-order valence-corrected chi connectivity index (χ1v) is 12.4. The van der Waals surface area contributed by atoms with Gasteiger partial charge in [0.15, 0.2) is 11.5 Å². The Morgan fingerprint density at radius 3 is 2.66 bits per heavy atom. The van der Waals surface area contributed by atoms with Crippen molar-refractivity contribution in [1.29, 1.82) is 0 Å². The fraction of sp³-hybridized carbons (Fsp3) is 0.542. The molecule has 6 nitrogen and oxygen atoms in total. The number of nitrogens with zero attached hydrogens (tertiary/aromatic N) is 1. The van der Waals surface area contributed by atoms with Crippen molar-refractivity contribution in [3.05, 3.63) is 28.7 Å². The number of thiocarbonyl (C=S) groups is 1. The molecule has 1 saturated heterocycles. The lowest BCUT2D eigenvalue weighted by Gasteiger charge is -2.17. The number of carboxylic acids is 1. The number of hydrogen-bond acceptors (Lipinski definition) is 6. The zero-order chi connectivity index (χ0) is 23.5. The summed E-state index contributed by atoms with van der Waals surface area (Å²) in [7, 11) is 1.60. The van der Waals surface area contributed by atoms with Gasteiger partial charge in [-0.3, -0.25) is 14.5 Å². The molecular formula is C24H33NO5S2. The lowest BCUT2D eigenvalue weighted by molar-refractivity contribution is -0.137. The second-order valence-electron chi connectivity index (χ2n) is 7.87. The monoisotopic (exact) mass is 479 g/mol. The average Bonchev–Trinajstić information content (AvgIpc) is 3.01. The van der Waals surface area contributed by atoms with Gasteiger partial charge < -0.3 is 14.6 Å². The second-order valence-corrected chi connectivity index (χ2v) is 9.55. The minimum absolute atomic E-state index is 0.00588. The number of amides is 1. The summed E-state index contributed by atoms with van der Waals surface area (Å²) in [5, 5.41) is 8.79. The first-order chi connectivity index (χ1) is 15.3. The van der Waals surface area contributed by atoms with E-state index < -0.39 is 5.97 Å². The van der Waals surface area contributed by atoms with Gasteiger partial charge >= 0.3 is 5.97 Å². The van der Waals surface area contributed by atoms with Crippen LogP contribution in [0.25, 0.3) is 6.08 Å². The van der Waals surface area contributed by atoms with Gasteiger partial charge in [-0.2, -0.15) is 0 Å². The molecule has 1 heterocycles. The molecule has 0 bridgehead atoms. The third-order valence-corrected chi connectivity index (χ3v) is 6.55. The van der Waals surface area contributed by atoms with Gasteiger partial charge in [0.2, 0.25) is 0 Å². The highest BCUT2D eigenvalue weighted by atomic mass is 32.2. The molecule has 0 aliphatic carbocycles. The van der Waals surface area contributed by atoms with Crippen LogP contribution in [0.5, 0.6) is 11.5 Å². The van der Waals surface area contributed by atoms with E-state index >= 15 is 0 Å². The highest BCUT2D eigenvalue weighted by molar-refractivity contribution is 8.26. The molecular weight excluding hydrogens is 446 g/mol. The van der Waals surface area contributed by atoms with Crippen LogP contribution in [0.4, 0.5) is 0 Å². The van der Waals surface area contributed by atoms with E-state index in [0.717, 1.165) is 18.4 Å². The van der Waals surface area contributed by atoms with E-state index in [0.29, 0.717) is 33.7 Å². The van der Waals surface area contributed by atoms with Gasteiger partial charge in [-0.05, 0) is 50.0 Å². The van der Waals surface area contributed by atoms with E-state index in [1.165, 1.54) is 42.3 Å². The number of carboxylic acid groups (broad SMARTS) is 1. The maximum atomic E-state index is 12.7. The summed E-state index contributed by atoms with van der Waals surface area (Å²) in [6.45, 7) is 4.59. The van der Waals surface area contributed by atoms with E-state index in [4.69, 9.17) is 26.8 Å².